The van der Waals surface area contributed by atoms with Gasteiger partial charge in [-0.05, 0) is 30.3 Å². The van der Waals surface area contributed by atoms with E-state index in [0.717, 1.165) is 12.1 Å². The third-order valence-corrected chi connectivity index (χ3v) is 4.43. The Morgan fingerprint density at radius 2 is 1.38 bits per heavy atom. The van der Waals surface area contributed by atoms with Crippen LogP contribution < -0.4 is 4.74 Å². The summed E-state index contributed by atoms with van der Waals surface area (Å²) in [6.45, 7) is 0. The summed E-state index contributed by atoms with van der Waals surface area (Å²) in [6, 6.07) is 3.37. The Hall–Kier alpha value is -2.09. The number of methoxy groups -OCH3 is 1. The number of ether oxygens (including phenoxy) is 1. The van der Waals surface area contributed by atoms with Crippen LogP contribution in [0.3, 0.4) is 0 Å². The van der Waals surface area contributed by atoms with Crippen molar-refractivity contribution in [3.63, 3.8) is 0 Å². The molecule has 0 aliphatic heterocycles. The molecule has 0 fully saturated rings. The molecule has 0 spiro atoms. The van der Waals surface area contributed by atoms with Gasteiger partial charge in [-0.15, -0.1) is 0 Å². The average Bonchev–Trinajstić information content (AvgIpc) is 2.44. The van der Waals surface area contributed by atoms with Gasteiger partial charge in [0.1, 0.15) is 0 Å². The highest BCUT2D eigenvalue weighted by Crippen LogP contribution is 2.27. The third kappa shape index (κ3) is 2.71. The molecule has 0 saturated heterocycles. The van der Waals surface area contributed by atoms with Gasteiger partial charge in [0.15, 0.2) is 29.0 Å². The van der Waals surface area contributed by atoms with Crippen LogP contribution in [-0.2, 0) is 9.84 Å². The van der Waals surface area contributed by atoms with Gasteiger partial charge in [-0.2, -0.15) is 0 Å². The highest BCUT2D eigenvalue weighted by atomic mass is 32.2. The SMILES string of the molecule is COc1ccc(S(=O)(=O)c2cc(F)c(F)c(F)c2)cc1F. The van der Waals surface area contributed by atoms with Crippen molar-refractivity contribution < 1.29 is 30.7 Å². The molecule has 0 heterocycles. The van der Waals surface area contributed by atoms with Crippen LogP contribution in [0.5, 0.6) is 5.75 Å². The van der Waals surface area contributed by atoms with E-state index in [4.69, 9.17) is 0 Å². The number of benzene rings is 2. The third-order valence-electron chi connectivity index (χ3n) is 2.70. The first-order valence-electron chi connectivity index (χ1n) is 5.50. The van der Waals surface area contributed by atoms with Crippen molar-refractivity contribution in [1.29, 1.82) is 0 Å². The van der Waals surface area contributed by atoms with E-state index in [0.29, 0.717) is 18.2 Å². The molecule has 21 heavy (non-hydrogen) atoms. The lowest BCUT2D eigenvalue weighted by molar-refractivity contribution is 0.385. The van der Waals surface area contributed by atoms with Crippen LogP contribution in [0.25, 0.3) is 0 Å². The molecule has 0 saturated carbocycles. The number of hydrogen-bond acceptors (Lipinski definition) is 3. The minimum atomic E-state index is -4.39. The zero-order chi connectivity index (χ0) is 15.8. The lowest BCUT2D eigenvalue weighted by Crippen LogP contribution is -2.05. The van der Waals surface area contributed by atoms with E-state index in [1.165, 1.54) is 7.11 Å². The summed E-state index contributed by atoms with van der Waals surface area (Å²) in [7, 11) is -3.20. The Morgan fingerprint density at radius 1 is 0.857 bits per heavy atom. The fourth-order valence-electron chi connectivity index (χ4n) is 1.64. The van der Waals surface area contributed by atoms with E-state index >= 15 is 0 Å². The minimum absolute atomic E-state index is 0.189. The molecule has 2 aromatic rings. The number of rotatable bonds is 3. The molecule has 0 bridgehead atoms. The predicted octanol–water partition coefficient (Wildman–Crippen LogP) is 3.08. The normalized spacial score (nSPS) is 11.5. The lowest BCUT2D eigenvalue weighted by Gasteiger charge is -2.08. The summed E-state index contributed by atoms with van der Waals surface area (Å²) in [5.41, 5.74) is 0. The maximum absolute atomic E-state index is 13.5. The molecule has 0 unspecified atom stereocenters. The molecule has 2 aromatic carbocycles. The molecule has 0 aliphatic carbocycles. The Labute approximate surface area is 117 Å². The van der Waals surface area contributed by atoms with Gasteiger partial charge in [0, 0.05) is 0 Å². The first kappa shape index (κ1) is 15.3. The van der Waals surface area contributed by atoms with Gasteiger partial charge < -0.3 is 4.74 Å². The van der Waals surface area contributed by atoms with Gasteiger partial charge in [0.25, 0.3) is 0 Å². The second kappa shape index (κ2) is 5.36. The zero-order valence-electron chi connectivity index (χ0n) is 10.5. The van der Waals surface area contributed by atoms with Crippen LogP contribution in [0.1, 0.15) is 0 Å². The minimum Gasteiger partial charge on any atom is -0.494 e. The fraction of sp³-hybridized carbons (Fsp3) is 0.0769. The van der Waals surface area contributed by atoms with Crippen molar-refractivity contribution in [2.24, 2.45) is 0 Å². The molecular weight excluding hydrogens is 312 g/mol. The first-order chi connectivity index (χ1) is 9.77. The zero-order valence-corrected chi connectivity index (χ0v) is 11.3. The van der Waals surface area contributed by atoms with Crippen LogP contribution in [0.4, 0.5) is 17.6 Å². The van der Waals surface area contributed by atoms with Crippen LogP contribution >= 0.6 is 0 Å². The molecular formula is C13H8F4O3S. The smallest absolute Gasteiger partial charge is 0.206 e. The lowest BCUT2D eigenvalue weighted by atomic mass is 10.3. The molecule has 0 amide bonds. The molecule has 0 atom stereocenters. The Kier molecular flexibility index (Phi) is 3.91. The standard InChI is InChI=1S/C13H8F4O3S/c1-20-12-3-2-7(4-9(12)14)21(18,19)8-5-10(15)13(17)11(16)6-8/h2-6H,1H3. The van der Waals surface area contributed by atoms with Gasteiger partial charge in [-0.3, -0.25) is 0 Å². The van der Waals surface area contributed by atoms with Gasteiger partial charge in [0.05, 0.1) is 16.9 Å². The fourth-order valence-corrected chi connectivity index (χ4v) is 2.93. The van der Waals surface area contributed by atoms with Gasteiger partial charge in [-0.1, -0.05) is 0 Å². The molecule has 112 valence electrons. The summed E-state index contributed by atoms with van der Waals surface area (Å²) in [4.78, 5) is -1.35. The van der Waals surface area contributed by atoms with Crippen molar-refractivity contribution in [1.82, 2.24) is 0 Å². The molecule has 3 nitrogen and oxygen atoms in total. The molecule has 0 N–H and O–H groups in total. The summed E-state index contributed by atoms with van der Waals surface area (Å²) in [5.74, 6) is -6.23. The highest BCUT2D eigenvalue weighted by molar-refractivity contribution is 7.91. The summed E-state index contributed by atoms with van der Waals surface area (Å²) in [5, 5.41) is 0. The van der Waals surface area contributed by atoms with Crippen LogP contribution in [-0.4, -0.2) is 15.5 Å². The molecule has 2 rings (SSSR count). The molecule has 8 heteroatoms. The topological polar surface area (TPSA) is 43.4 Å². The molecule has 0 aliphatic rings. The Bertz CT molecular complexity index is 780. The van der Waals surface area contributed by atoms with E-state index < -0.39 is 42.9 Å². The van der Waals surface area contributed by atoms with Crippen LogP contribution in [0, 0.1) is 23.3 Å². The maximum atomic E-state index is 13.5. The van der Waals surface area contributed by atoms with Crippen molar-refractivity contribution in [3.8, 4) is 5.75 Å². The maximum Gasteiger partial charge on any atom is 0.206 e. The van der Waals surface area contributed by atoms with Gasteiger partial charge in [0.2, 0.25) is 9.84 Å². The predicted molar refractivity (Wildman–Crippen MR) is 64.7 cm³/mol. The van der Waals surface area contributed by atoms with E-state index in [1.807, 2.05) is 0 Å². The second-order valence-electron chi connectivity index (χ2n) is 4.00. The number of hydrogen-bond donors (Lipinski definition) is 0. The van der Waals surface area contributed by atoms with Crippen LogP contribution in [0.2, 0.25) is 0 Å². The summed E-state index contributed by atoms with van der Waals surface area (Å²) >= 11 is 0. The van der Waals surface area contributed by atoms with E-state index in [-0.39, 0.29) is 5.75 Å². The quantitative estimate of drug-likeness (QED) is 0.496. The Balaban J connectivity index is 2.59. The molecule has 0 radical (unpaired) electrons. The summed E-state index contributed by atoms with van der Waals surface area (Å²) in [6.07, 6.45) is 0. The van der Waals surface area contributed by atoms with Crippen molar-refractivity contribution in [2.75, 3.05) is 7.11 Å². The van der Waals surface area contributed by atoms with Crippen molar-refractivity contribution in [2.45, 2.75) is 9.79 Å². The second-order valence-corrected chi connectivity index (χ2v) is 5.95. The highest BCUT2D eigenvalue weighted by Gasteiger charge is 2.23. The Morgan fingerprint density at radius 3 is 1.86 bits per heavy atom. The van der Waals surface area contributed by atoms with Crippen LogP contribution in [0.15, 0.2) is 40.1 Å². The number of sulfone groups is 1. The summed E-state index contributed by atoms with van der Waals surface area (Å²) < 4.78 is 81.5. The monoisotopic (exact) mass is 320 g/mol. The molecule has 0 aromatic heterocycles. The van der Waals surface area contributed by atoms with E-state index in [1.54, 1.807) is 0 Å². The first-order valence-corrected chi connectivity index (χ1v) is 6.99. The largest absolute Gasteiger partial charge is 0.494 e. The number of halogens is 4. The van der Waals surface area contributed by atoms with Crippen molar-refractivity contribution in [3.05, 3.63) is 53.6 Å². The van der Waals surface area contributed by atoms with Gasteiger partial charge in [-0.25, -0.2) is 26.0 Å². The van der Waals surface area contributed by atoms with E-state index in [2.05, 4.69) is 4.74 Å². The van der Waals surface area contributed by atoms with E-state index in [9.17, 15) is 26.0 Å². The van der Waals surface area contributed by atoms with Gasteiger partial charge >= 0.3 is 0 Å². The average molecular weight is 320 g/mol. The van der Waals surface area contributed by atoms with Crippen molar-refractivity contribution >= 4 is 9.84 Å².